The first-order valence-corrected chi connectivity index (χ1v) is 7.40. The molecule has 9 nitrogen and oxygen atoms in total. The molecule has 1 N–H and O–H groups in total. The minimum atomic E-state index is -0.525. The number of rotatable bonds is 6. The van der Waals surface area contributed by atoms with Crippen LogP contribution in [0.4, 0.5) is 10.5 Å². The summed E-state index contributed by atoms with van der Waals surface area (Å²) >= 11 is 0. The Bertz CT molecular complexity index is 756. The quantitative estimate of drug-likeness (QED) is 0.642. The minimum Gasteiger partial charge on any atom is -0.487 e. The largest absolute Gasteiger partial charge is 0.487 e. The summed E-state index contributed by atoms with van der Waals surface area (Å²) in [6, 6.07) is 5.40. The summed E-state index contributed by atoms with van der Waals surface area (Å²) < 4.78 is 12.0. The van der Waals surface area contributed by atoms with Gasteiger partial charge in [0.25, 0.3) is 0 Å². The number of benzene rings is 1. The maximum atomic E-state index is 11.8. The molecular weight excluding hydrogens is 316 g/mol. The van der Waals surface area contributed by atoms with E-state index in [1.54, 1.807) is 26.8 Å². The number of hydrogen-bond acceptors (Lipinski definition) is 6. The molecule has 0 atom stereocenters. The van der Waals surface area contributed by atoms with E-state index in [1.807, 2.05) is 0 Å². The average molecular weight is 334 g/mol. The fourth-order valence-corrected chi connectivity index (χ4v) is 2.03. The highest BCUT2D eigenvalue weighted by molar-refractivity contribution is 5.76. The second-order valence-electron chi connectivity index (χ2n) is 4.79. The summed E-state index contributed by atoms with van der Waals surface area (Å²) in [5.74, 6) is 0.638. The molecule has 24 heavy (non-hydrogen) atoms. The number of hydrogen-bond donors (Lipinski definition) is 1. The molecular formula is C15H18N4O5. The van der Waals surface area contributed by atoms with Crippen molar-refractivity contribution in [2.75, 3.05) is 13.2 Å². The molecule has 2 aromatic rings. The molecule has 0 unspecified atom stereocenters. The van der Waals surface area contributed by atoms with Gasteiger partial charge < -0.3 is 14.8 Å². The van der Waals surface area contributed by atoms with Gasteiger partial charge in [0.1, 0.15) is 5.75 Å². The van der Waals surface area contributed by atoms with Gasteiger partial charge in [-0.15, -0.1) is 5.10 Å². The van der Waals surface area contributed by atoms with E-state index in [2.05, 4.69) is 10.4 Å². The van der Waals surface area contributed by atoms with E-state index in [1.165, 1.54) is 22.9 Å². The number of ether oxygens (including phenoxy) is 2. The number of carbonyl (C=O) groups is 1. The van der Waals surface area contributed by atoms with Crippen LogP contribution in [0.25, 0.3) is 0 Å². The Morgan fingerprint density at radius 3 is 2.75 bits per heavy atom. The van der Waals surface area contributed by atoms with E-state index in [9.17, 15) is 14.9 Å². The molecule has 0 saturated heterocycles. The number of aryl methyl sites for hydroxylation is 1. The molecule has 0 saturated carbocycles. The monoisotopic (exact) mass is 334 g/mol. The first-order chi connectivity index (χ1) is 11.5. The lowest BCUT2D eigenvalue weighted by molar-refractivity contribution is -0.385. The van der Waals surface area contributed by atoms with Crippen molar-refractivity contribution in [2.24, 2.45) is 0 Å². The number of nitrogens with zero attached hydrogens (tertiary/aromatic N) is 3. The Kier molecular flexibility index (Phi) is 5.35. The van der Waals surface area contributed by atoms with Crippen LogP contribution in [-0.4, -0.2) is 33.9 Å². The van der Waals surface area contributed by atoms with Gasteiger partial charge in [0, 0.05) is 24.7 Å². The Morgan fingerprint density at radius 2 is 2.12 bits per heavy atom. The Balaban J connectivity index is 2.25. The fraction of sp³-hybridized carbons (Fsp3) is 0.333. The minimum absolute atomic E-state index is 0.111. The van der Waals surface area contributed by atoms with Crippen LogP contribution in [0.3, 0.4) is 0 Å². The number of carbonyl (C=O) groups excluding carboxylic acids is 1. The lowest BCUT2D eigenvalue weighted by Gasteiger charge is -2.07. The van der Waals surface area contributed by atoms with Gasteiger partial charge in [0.2, 0.25) is 11.6 Å². The number of nitro benzene ring substituents is 1. The predicted molar refractivity (Wildman–Crippen MR) is 85.8 cm³/mol. The van der Waals surface area contributed by atoms with Crippen molar-refractivity contribution in [3.63, 3.8) is 0 Å². The van der Waals surface area contributed by atoms with Crippen LogP contribution in [0.1, 0.15) is 19.5 Å². The maximum absolute atomic E-state index is 11.8. The fourth-order valence-electron chi connectivity index (χ4n) is 2.03. The number of amides is 1. The van der Waals surface area contributed by atoms with Crippen LogP contribution < -0.4 is 14.8 Å². The van der Waals surface area contributed by atoms with Crippen molar-refractivity contribution in [3.8, 4) is 17.4 Å². The third-order valence-corrected chi connectivity index (χ3v) is 3.04. The summed E-state index contributed by atoms with van der Waals surface area (Å²) in [6.45, 7) is 6.02. The maximum Gasteiger partial charge on any atom is 0.342 e. The number of aromatic nitrogens is 2. The van der Waals surface area contributed by atoms with E-state index >= 15 is 0 Å². The van der Waals surface area contributed by atoms with Gasteiger partial charge in [0.05, 0.1) is 17.2 Å². The first kappa shape index (κ1) is 17.3. The van der Waals surface area contributed by atoms with Gasteiger partial charge in [-0.05, 0) is 26.8 Å². The second-order valence-corrected chi connectivity index (χ2v) is 4.79. The predicted octanol–water partition coefficient (Wildman–Crippen LogP) is 2.87. The van der Waals surface area contributed by atoms with E-state index in [-0.39, 0.29) is 30.0 Å². The van der Waals surface area contributed by atoms with Gasteiger partial charge in [0.15, 0.2) is 0 Å². The van der Waals surface area contributed by atoms with Crippen molar-refractivity contribution >= 4 is 11.7 Å². The highest BCUT2D eigenvalue weighted by Crippen LogP contribution is 2.33. The van der Waals surface area contributed by atoms with Crippen molar-refractivity contribution in [1.29, 1.82) is 0 Å². The zero-order valence-electron chi connectivity index (χ0n) is 13.6. The summed E-state index contributed by atoms with van der Waals surface area (Å²) in [7, 11) is 0. The van der Waals surface area contributed by atoms with Gasteiger partial charge in [-0.2, -0.15) is 4.68 Å². The second kappa shape index (κ2) is 7.44. The molecule has 1 aromatic carbocycles. The summed E-state index contributed by atoms with van der Waals surface area (Å²) in [5.41, 5.74) is 0.455. The average Bonchev–Trinajstić information content (AvgIpc) is 2.88. The molecule has 0 aliphatic rings. The van der Waals surface area contributed by atoms with Crippen molar-refractivity contribution < 1.29 is 19.2 Å². The van der Waals surface area contributed by atoms with Crippen LogP contribution in [0.5, 0.6) is 17.4 Å². The first-order valence-electron chi connectivity index (χ1n) is 7.40. The topological polar surface area (TPSA) is 109 Å². The third-order valence-electron chi connectivity index (χ3n) is 3.04. The molecule has 0 aliphatic carbocycles. The summed E-state index contributed by atoms with van der Waals surface area (Å²) in [5, 5.41) is 17.7. The van der Waals surface area contributed by atoms with Crippen LogP contribution in [0.2, 0.25) is 0 Å². The lowest BCUT2D eigenvalue weighted by atomic mass is 10.3. The van der Waals surface area contributed by atoms with Crippen LogP contribution in [0.15, 0.2) is 24.3 Å². The Hall–Kier alpha value is -3.10. The summed E-state index contributed by atoms with van der Waals surface area (Å²) in [4.78, 5) is 22.3. The van der Waals surface area contributed by atoms with Gasteiger partial charge in [-0.3, -0.25) is 10.1 Å². The van der Waals surface area contributed by atoms with E-state index < -0.39 is 4.92 Å². The molecule has 1 heterocycles. The molecule has 0 bridgehead atoms. The molecule has 2 rings (SSSR count). The van der Waals surface area contributed by atoms with Crippen molar-refractivity contribution in [1.82, 2.24) is 15.1 Å². The summed E-state index contributed by atoms with van der Waals surface area (Å²) in [6.07, 6.45) is 0. The van der Waals surface area contributed by atoms with Crippen molar-refractivity contribution in [2.45, 2.75) is 20.8 Å². The number of nitro groups is 1. The van der Waals surface area contributed by atoms with Crippen LogP contribution in [0, 0.1) is 17.0 Å². The molecule has 1 amide bonds. The Morgan fingerprint density at radius 1 is 1.38 bits per heavy atom. The Labute approximate surface area is 138 Å². The molecule has 0 radical (unpaired) electrons. The van der Waals surface area contributed by atoms with Gasteiger partial charge in [-0.25, -0.2) is 4.79 Å². The molecule has 128 valence electrons. The molecule has 0 spiro atoms. The zero-order chi connectivity index (χ0) is 17.7. The van der Waals surface area contributed by atoms with E-state index in [0.717, 1.165) is 0 Å². The lowest BCUT2D eigenvalue weighted by Crippen LogP contribution is -2.29. The standard InChI is InChI=1S/C15H18N4O5/c1-4-16-15(20)18-10(3)8-14(17-18)24-11-6-7-12(19(21)22)13(9-11)23-5-2/h6-9H,4-5H2,1-3H3,(H,16,20). The normalized spacial score (nSPS) is 10.3. The smallest absolute Gasteiger partial charge is 0.342 e. The molecule has 1 aromatic heterocycles. The SMILES string of the molecule is CCNC(=O)n1nc(Oc2ccc([N+](=O)[O-])c(OCC)c2)cc1C. The highest BCUT2D eigenvalue weighted by atomic mass is 16.6. The van der Waals surface area contributed by atoms with Crippen LogP contribution in [-0.2, 0) is 0 Å². The van der Waals surface area contributed by atoms with Gasteiger partial charge in [-0.1, -0.05) is 0 Å². The molecule has 0 fully saturated rings. The van der Waals surface area contributed by atoms with Gasteiger partial charge >= 0.3 is 11.7 Å². The third kappa shape index (κ3) is 3.80. The number of nitrogens with one attached hydrogen (secondary N) is 1. The van der Waals surface area contributed by atoms with Crippen molar-refractivity contribution in [3.05, 3.63) is 40.1 Å². The highest BCUT2D eigenvalue weighted by Gasteiger charge is 2.17. The van der Waals surface area contributed by atoms with E-state index in [4.69, 9.17) is 9.47 Å². The molecule has 9 heteroatoms. The van der Waals surface area contributed by atoms with E-state index in [0.29, 0.717) is 18.0 Å². The van der Waals surface area contributed by atoms with Crippen LogP contribution >= 0.6 is 0 Å². The zero-order valence-corrected chi connectivity index (χ0v) is 13.6. The molecule has 0 aliphatic heterocycles.